The minimum Gasteiger partial charge on any atom is -0.337 e. The molecule has 1 fully saturated rings. The predicted molar refractivity (Wildman–Crippen MR) is 70.2 cm³/mol. The van der Waals surface area contributed by atoms with Crippen LogP contribution in [0.1, 0.15) is 34.3 Å². The van der Waals surface area contributed by atoms with Gasteiger partial charge >= 0.3 is 0 Å². The first-order valence-corrected chi connectivity index (χ1v) is 6.38. The van der Waals surface area contributed by atoms with Crippen molar-refractivity contribution in [2.24, 2.45) is 5.92 Å². The Morgan fingerprint density at radius 2 is 2.22 bits per heavy atom. The molecule has 18 heavy (non-hydrogen) atoms. The van der Waals surface area contributed by atoms with Crippen LogP contribution in [-0.4, -0.2) is 23.9 Å². The topological polar surface area (TPSA) is 44.1 Å². The Balaban J connectivity index is 2.21. The fourth-order valence-electron chi connectivity index (χ4n) is 2.40. The molecule has 3 heteroatoms. The molecule has 0 aliphatic carbocycles. The van der Waals surface area contributed by atoms with Crippen LogP contribution >= 0.6 is 0 Å². The minimum absolute atomic E-state index is 0.00665. The maximum absolute atomic E-state index is 12.5. The molecule has 3 nitrogen and oxygen atoms in total. The molecule has 0 saturated carbocycles. The lowest BCUT2D eigenvalue weighted by molar-refractivity contribution is 0.0698. The third kappa shape index (κ3) is 2.53. The molecule has 2 rings (SSSR count). The fourth-order valence-corrected chi connectivity index (χ4v) is 2.40. The molecule has 94 valence electrons. The number of nitrogens with zero attached hydrogens (tertiary/aromatic N) is 2. The van der Waals surface area contributed by atoms with Crippen LogP contribution in [0.3, 0.4) is 0 Å². The molecule has 0 N–H and O–H groups in total. The van der Waals surface area contributed by atoms with Crippen LogP contribution in [0.15, 0.2) is 18.2 Å². The molecule has 0 radical (unpaired) electrons. The van der Waals surface area contributed by atoms with Crippen LogP contribution in [0.4, 0.5) is 0 Å². The van der Waals surface area contributed by atoms with Crippen molar-refractivity contribution in [1.82, 2.24) is 4.90 Å². The number of amides is 1. The number of benzene rings is 1. The quantitative estimate of drug-likeness (QED) is 0.760. The number of hydrogen-bond donors (Lipinski definition) is 0. The lowest BCUT2D eigenvalue weighted by atomic mass is 9.97. The first kappa shape index (κ1) is 12.6. The zero-order valence-electron chi connectivity index (χ0n) is 10.9. The number of aryl methyl sites for hydroxylation is 2. The summed E-state index contributed by atoms with van der Waals surface area (Å²) in [5.41, 5.74) is 2.87. The zero-order valence-corrected chi connectivity index (χ0v) is 10.9. The lowest BCUT2D eigenvalue weighted by Gasteiger charge is -2.30. The largest absolute Gasteiger partial charge is 0.337 e. The van der Waals surface area contributed by atoms with E-state index >= 15 is 0 Å². The third-order valence-electron chi connectivity index (χ3n) is 3.51. The summed E-state index contributed by atoms with van der Waals surface area (Å²) in [6.07, 6.45) is 1.84. The van der Waals surface area contributed by atoms with Crippen LogP contribution in [0.5, 0.6) is 0 Å². The number of rotatable bonds is 1. The Hall–Kier alpha value is -1.82. The van der Waals surface area contributed by atoms with E-state index in [0.717, 1.165) is 36.1 Å². The molecule has 0 spiro atoms. The maximum atomic E-state index is 12.5. The highest BCUT2D eigenvalue weighted by Crippen LogP contribution is 2.20. The van der Waals surface area contributed by atoms with Crippen molar-refractivity contribution in [2.75, 3.05) is 13.1 Å². The van der Waals surface area contributed by atoms with Gasteiger partial charge in [0.2, 0.25) is 0 Å². The van der Waals surface area contributed by atoms with Gasteiger partial charge in [-0.3, -0.25) is 4.79 Å². The smallest absolute Gasteiger partial charge is 0.254 e. The molecule has 1 saturated heterocycles. The van der Waals surface area contributed by atoms with Crippen molar-refractivity contribution in [3.05, 3.63) is 34.9 Å². The van der Waals surface area contributed by atoms with Gasteiger partial charge < -0.3 is 4.90 Å². The van der Waals surface area contributed by atoms with E-state index in [1.54, 1.807) is 0 Å². The Labute approximate surface area is 108 Å². The molecular weight excluding hydrogens is 224 g/mol. The molecule has 0 aromatic heterocycles. The average molecular weight is 242 g/mol. The van der Waals surface area contributed by atoms with Crippen molar-refractivity contribution < 1.29 is 4.79 Å². The van der Waals surface area contributed by atoms with Gasteiger partial charge in [0, 0.05) is 18.7 Å². The van der Waals surface area contributed by atoms with Gasteiger partial charge in [-0.2, -0.15) is 5.26 Å². The van der Waals surface area contributed by atoms with Crippen LogP contribution in [-0.2, 0) is 0 Å². The van der Waals surface area contributed by atoms with Crippen molar-refractivity contribution in [2.45, 2.75) is 26.7 Å². The summed E-state index contributed by atoms with van der Waals surface area (Å²) in [7, 11) is 0. The first-order valence-electron chi connectivity index (χ1n) is 6.38. The molecule has 1 atom stereocenters. The average Bonchev–Trinajstić information content (AvgIpc) is 2.41. The van der Waals surface area contributed by atoms with Crippen LogP contribution in [0.2, 0.25) is 0 Å². The monoisotopic (exact) mass is 242 g/mol. The second-order valence-corrected chi connectivity index (χ2v) is 5.04. The van der Waals surface area contributed by atoms with Gasteiger partial charge in [-0.25, -0.2) is 0 Å². The standard InChI is InChI=1S/C15H18N2O/c1-11-5-6-12(2)14(8-11)15(18)17-7-3-4-13(9-16)10-17/h5-6,8,13H,3-4,7,10H2,1-2H3. The van der Waals surface area contributed by atoms with Gasteiger partial charge in [-0.1, -0.05) is 17.7 Å². The lowest BCUT2D eigenvalue weighted by Crippen LogP contribution is -2.39. The first-order chi connectivity index (χ1) is 8.61. The molecule has 1 aliphatic rings. The molecule has 1 unspecified atom stereocenters. The highest BCUT2D eigenvalue weighted by molar-refractivity contribution is 5.95. The summed E-state index contributed by atoms with van der Waals surface area (Å²) in [5, 5.41) is 8.97. The van der Waals surface area contributed by atoms with Gasteiger partial charge in [0.15, 0.2) is 0 Å². The Morgan fingerprint density at radius 1 is 1.44 bits per heavy atom. The number of nitriles is 1. The molecule has 1 amide bonds. The zero-order chi connectivity index (χ0) is 13.1. The molecular formula is C15H18N2O. The van der Waals surface area contributed by atoms with E-state index in [-0.39, 0.29) is 11.8 Å². The van der Waals surface area contributed by atoms with Crippen molar-refractivity contribution in [3.63, 3.8) is 0 Å². The number of carbonyl (C=O) groups is 1. The summed E-state index contributed by atoms with van der Waals surface area (Å²) < 4.78 is 0. The van der Waals surface area contributed by atoms with Gasteiger partial charge in [-0.05, 0) is 38.3 Å². The van der Waals surface area contributed by atoms with Crippen molar-refractivity contribution in [1.29, 1.82) is 5.26 Å². The normalized spacial score (nSPS) is 19.4. The SMILES string of the molecule is Cc1ccc(C)c(C(=O)N2CCCC(C#N)C2)c1. The van der Waals surface area contributed by atoms with Crippen LogP contribution < -0.4 is 0 Å². The predicted octanol–water partition coefficient (Wildman–Crippen LogP) is 2.68. The molecule has 1 aromatic rings. The van der Waals surface area contributed by atoms with E-state index in [4.69, 9.17) is 5.26 Å². The van der Waals surface area contributed by atoms with E-state index < -0.39 is 0 Å². The highest BCUT2D eigenvalue weighted by atomic mass is 16.2. The van der Waals surface area contributed by atoms with E-state index in [2.05, 4.69) is 6.07 Å². The third-order valence-corrected chi connectivity index (χ3v) is 3.51. The van der Waals surface area contributed by atoms with E-state index in [0.29, 0.717) is 6.54 Å². The second-order valence-electron chi connectivity index (χ2n) is 5.04. The Bertz CT molecular complexity index is 502. The van der Waals surface area contributed by atoms with E-state index in [9.17, 15) is 4.79 Å². The van der Waals surface area contributed by atoms with Crippen molar-refractivity contribution in [3.8, 4) is 6.07 Å². The maximum Gasteiger partial charge on any atom is 0.254 e. The number of hydrogen-bond acceptors (Lipinski definition) is 2. The van der Waals surface area contributed by atoms with Gasteiger partial charge in [0.25, 0.3) is 5.91 Å². The number of likely N-dealkylation sites (tertiary alicyclic amines) is 1. The second kappa shape index (κ2) is 5.22. The summed E-state index contributed by atoms with van der Waals surface area (Å²) in [5.74, 6) is 0.0592. The molecule has 1 heterocycles. The minimum atomic E-state index is -0.00665. The summed E-state index contributed by atoms with van der Waals surface area (Å²) >= 11 is 0. The Morgan fingerprint density at radius 3 is 2.94 bits per heavy atom. The fraction of sp³-hybridized carbons (Fsp3) is 0.467. The summed E-state index contributed by atoms with van der Waals surface area (Å²) in [4.78, 5) is 14.3. The number of carbonyl (C=O) groups excluding carboxylic acids is 1. The van der Waals surface area contributed by atoms with Crippen LogP contribution in [0, 0.1) is 31.1 Å². The van der Waals surface area contributed by atoms with Gasteiger partial charge in [0.05, 0.1) is 12.0 Å². The summed E-state index contributed by atoms with van der Waals surface area (Å²) in [6, 6.07) is 8.21. The molecule has 1 aromatic carbocycles. The Kier molecular flexibility index (Phi) is 3.66. The van der Waals surface area contributed by atoms with Gasteiger partial charge in [-0.15, -0.1) is 0 Å². The molecule has 1 aliphatic heterocycles. The van der Waals surface area contributed by atoms with Crippen molar-refractivity contribution >= 4 is 5.91 Å². The van der Waals surface area contributed by atoms with Gasteiger partial charge in [0.1, 0.15) is 0 Å². The van der Waals surface area contributed by atoms with E-state index in [1.165, 1.54) is 0 Å². The summed E-state index contributed by atoms with van der Waals surface area (Å²) in [6.45, 7) is 5.29. The highest BCUT2D eigenvalue weighted by Gasteiger charge is 2.25. The van der Waals surface area contributed by atoms with E-state index in [1.807, 2.05) is 36.9 Å². The van der Waals surface area contributed by atoms with Crippen LogP contribution in [0.25, 0.3) is 0 Å². The number of piperidine rings is 1. The molecule has 0 bridgehead atoms.